The zero-order chi connectivity index (χ0) is 24.5. The zero-order valence-corrected chi connectivity index (χ0v) is 19.7. The van der Waals surface area contributed by atoms with Crippen LogP contribution in [0.2, 0.25) is 0 Å². The van der Waals surface area contributed by atoms with Crippen LogP contribution in [-0.2, 0) is 5.75 Å². The van der Waals surface area contributed by atoms with E-state index in [4.69, 9.17) is 0 Å². The Morgan fingerprint density at radius 2 is 1.86 bits per heavy atom. The van der Waals surface area contributed by atoms with Gasteiger partial charge in [-0.2, -0.15) is 0 Å². The van der Waals surface area contributed by atoms with Gasteiger partial charge < -0.3 is 4.90 Å². The number of hydrogen-bond acceptors (Lipinski definition) is 4. The van der Waals surface area contributed by atoms with Crippen LogP contribution in [0, 0.1) is 12.7 Å². The van der Waals surface area contributed by atoms with Crippen molar-refractivity contribution in [2.45, 2.75) is 48.5 Å². The number of thioether (sulfide) groups is 1. The van der Waals surface area contributed by atoms with Crippen molar-refractivity contribution < 1.29 is 18.0 Å². The fraction of sp³-hybridized carbons (Fsp3) is 0.308. The SMILES string of the molecule is Cc1c2n(ccc1=O)N([C@@H]1c3ccccc3SCc3cccc(F)c31)[C@@H]1CC(F)(F)CCN1C2=O. The number of carbonyl (C=O) groups is 1. The van der Waals surface area contributed by atoms with Gasteiger partial charge in [0.2, 0.25) is 0 Å². The lowest BCUT2D eigenvalue weighted by atomic mass is 9.91. The fourth-order valence-corrected chi connectivity index (χ4v) is 6.56. The van der Waals surface area contributed by atoms with E-state index >= 15 is 4.39 Å². The number of amides is 1. The molecular formula is C26H22F3N3O2S. The Morgan fingerprint density at radius 3 is 2.69 bits per heavy atom. The summed E-state index contributed by atoms with van der Waals surface area (Å²) in [6.07, 6.45) is -0.608. The summed E-state index contributed by atoms with van der Waals surface area (Å²) in [5.41, 5.74) is 1.99. The van der Waals surface area contributed by atoms with E-state index in [2.05, 4.69) is 0 Å². The first kappa shape index (κ1) is 22.3. The molecule has 5 nitrogen and oxygen atoms in total. The molecule has 3 aromatic rings. The highest BCUT2D eigenvalue weighted by Crippen LogP contribution is 2.46. The Labute approximate surface area is 204 Å². The summed E-state index contributed by atoms with van der Waals surface area (Å²) < 4.78 is 46.7. The van der Waals surface area contributed by atoms with Crippen molar-refractivity contribution in [3.63, 3.8) is 0 Å². The number of benzene rings is 2. The second-order valence-corrected chi connectivity index (χ2v) is 10.2. The van der Waals surface area contributed by atoms with Crippen molar-refractivity contribution in [1.29, 1.82) is 0 Å². The molecule has 0 N–H and O–H groups in total. The molecule has 1 amide bonds. The molecule has 1 saturated heterocycles. The van der Waals surface area contributed by atoms with Crippen LogP contribution in [0.5, 0.6) is 0 Å². The molecule has 180 valence electrons. The van der Waals surface area contributed by atoms with Crippen molar-refractivity contribution in [3.05, 3.63) is 98.7 Å². The van der Waals surface area contributed by atoms with Gasteiger partial charge >= 0.3 is 0 Å². The standard InChI is InChI=1S/C26H22F3N3O2S/c1-15-19(33)9-11-31-23(15)25(34)30-12-10-26(28,29)13-21(30)32(31)24-17-6-2-3-8-20(17)35-14-16-5-4-7-18(27)22(16)24/h2-9,11,21,24H,10,12-14H2,1H3/t21-,24-/m1/s1. The van der Waals surface area contributed by atoms with E-state index in [0.717, 1.165) is 16.0 Å². The Bertz CT molecular complexity index is 1420. The van der Waals surface area contributed by atoms with Crippen LogP contribution < -0.4 is 10.4 Å². The molecule has 0 aliphatic carbocycles. The van der Waals surface area contributed by atoms with Gasteiger partial charge in [-0.05, 0) is 30.2 Å². The summed E-state index contributed by atoms with van der Waals surface area (Å²) in [5, 5.41) is 1.68. The van der Waals surface area contributed by atoms with Crippen molar-refractivity contribution in [2.75, 3.05) is 11.6 Å². The molecule has 0 radical (unpaired) electrons. The Kier molecular flexibility index (Phi) is 5.03. The lowest BCUT2D eigenvalue weighted by Crippen LogP contribution is -2.66. The Balaban J connectivity index is 1.68. The molecule has 0 bridgehead atoms. The third kappa shape index (κ3) is 3.39. The van der Waals surface area contributed by atoms with Gasteiger partial charge in [0, 0.05) is 47.0 Å². The normalized spacial score (nSPS) is 22.6. The largest absolute Gasteiger partial charge is 0.315 e. The lowest BCUT2D eigenvalue weighted by Gasteiger charge is -2.53. The minimum absolute atomic E-state index is 0.131. The molecule has 3 aliphatic heterocycles. The summed E-state index contributed by atoms with van der Waals surface area (Å²) in [7, 11) is 0. The van der Waals surface area contributed by atoms with E-state index in [1.807, 2.05) is 30.3 Å². The van der Waals surface area contributed by atoms with Crippen molar-refractivity contribution in [1.82, 2.24) is 9.58 Å². The van der Waals surface area contributed by atoms with Gasteiger partial charge in [0.05, 0.1) is 6.42 Å². The molecule has 2 atom stereocenters. The number of piperidine rings is 1. The molecule has 0 spiro atoms. The molecular weight excluding hydrogens is 475 g/mol. The van der Waals surface area contributed by atoms with Gasteiger partial charge in [0.1, 0.15) is 23.7 Å². The van der Waals surface area contributed by atoms with E-state index in [9.17, 15) is 18.4 Å². The van der Waals surface area contributed by atoms with Crippen molar-refractivity contribution >= 4 is 17.7 Å². The van der Waals surface area contributed by atoms with Crippen LogP contribution in [0.25, 0.3) is 0 Å². The van der Waals surface area contributed by atoms with Gasteiger partial charge in [-0.25, -0.2) is 13.2 Å². The van der Waals surface area contributed by atoms with E-state index < -0.39 is 42.7 Å². The minimum atomic E-state index is -2.98. The van der Waals surface area contributed by atoms with Crippen molar-refractivity contribution in [3.8, 4) is 0 Å². The third-order valence-corrected chi connectivity index (χ3v) is 8.31. The summed E-state index contributed by atoms with van der Waals surface area (Å²) in [4.78, 5) is 28.3. The highest BCUT2D eigenvalue weighted by atomic mass is 32.2. The predicted octanol–water partition coefficient (Wildman–Crippen LogP) is 4.84. The number of rotatable bonds is 1. The van der Waals surface area contributed by atoms with Crippen LogP contribution in [-0.4, -0.2) is 34.1 Å². The van der Waals surface area contributed by atoms with Gasteiger partial charge in [-0.1, -0.05) is 30.3 Å². The molecule has 1 aromatic heterocycles. The first-order chi connectivity index (χ1) is 16.8. The average Bonchev–Trinajstić information content (AvgIpc) is 2.99. The summed E-state index contributed by atoms with van der Waals surface area (Å²) >= 11 is 1.56. The quantitative estimate of drug-likeness (QED) is 0.483. The first-order valence-corrected chi connectivity index (χ1v) is 12.4. The molecule has 1 fully saturated rings. The monoisotopic (exact) mass is 497 g/mol. The number of pyridine rings is 1. The number of halogens is 3. The fourth-order valence-electron chi connectivity index (χ4n) is 5.48. The third-order valence-electron chi connectivity index (χ3n) is 7.18. The second-order valence-electron chi connectivity index (χ2n) is 9.21. The van der Waals surface area contributed by atoms with Crippen LogP contribution >= 0.6 is 11.8 Å². The van der Waals surface area contributed by atoms with E-state index in [1.54, 1.807) is 29.8 Å². The molecule has 9 heteroatoms. The molecule has 2 aromatic carbocycles. The predicted molar refractivity (Wildman–Crippen MR) is 127 cm³/mol. The average molecular weight is 498 g/mol. The maximum Gasteiger partial charge on any atom is 0.274 e. The topological polar surface area (TPSA) is 45.6 Å². The number of hydrogen-bond donors (Lipinski definition) is 0. The van der Waals surface area contributed by atoms with Crippen LogP contribution in [0.3, 0.4) is 0 Å². The van der Waals surface area contributed by atoms with Gasteiger partial charge in [0.15, 0.2) is 5.43 Å². The summed E-state index contributed by atoms with van der Waals surface area (Å²) in [6.45, 7) is 1.41. The molecule has 0 saturated carbocycles. The van der Waals surface area contributed by atoms with E-state index in [0.29, 0.717) is 11.3 Å². The van der Waals surface area contributed by atoms with Crippen LogP contribution in [0.4, 0.5) is 13.2 Å². The van der Waals surface area contributed by atoms with Crippen LogP contribution in [0.1, 0.15) is 51.6 Å². The van der Waals surface area contributed by atoms with E-state index in [-0.39, 0.29) is 23.2 Å². The summed E-state index contributed by atoms with van der Waals surface area (Å²) in [5.74, 6) is -3.35. The number of carbonyl (C=O) groups excluding carboxylic acids is 1. The number of aromatic nitrogens is 1. The number of alkyl halides is 2. The highest BCUT2D eigenvalue weighted by molar-refractivity contribution is 7.98. The Morgan fingerprint density at radius 1 is 1.06 bits per heavy atom. The maximum atomic E-state index is 15.6. The van der Waals surface area contributed by atoms with Crippen LogP contribution in [0.15, 0.2) is 64.4 Å². The number of fused-ring (bicyclic) bond motifs is 4. The zero-order valence-electron chi connectivity index (χ0n) is 18.9. The highest BCUT2D eigenvalue weighted by Gasteiger charge is 2.51. The molecule has 6 rings (SSSR count). The molecule has 35 heavy (non-hydrogen) atoms. The summed E-state index contributed by atoms with van der Waals surface area (Å²) in [6, 6.07) is 13.0. The minimum Gasteiger partial charge on any atom is -0.315 e. The second kappa shape index (κ2) is 7.91. The van der Waals surface area contributed by atoms with Gasteiger partial charge in [-0.15, -0.1) is 11.8 Å². The molecule has 0 unspecified atom stereocenters. The first-order valence-electron chi connectivity index (χ1n) is 11.5. The lowest BCUT2D eigenvalue weighted by molar-refractivity contribution is -0.0785. The molecule has 4 heterocycles. The number of nitrogens with zero attached hydrogens (tertiary/aromatic N) is 3. The smallest absolute Gasteiger partial charge is 0.274 e. The molecule has 3 aliphatic rings. The van der Waals surface area contributed by atoms with Gasteiger partial charge in [0.25, 0.3) is 11.8 Å². The van der Waals surface area contributed by atoms with Gasteiger partial charge in [-0.3, -0.25) is 19.3 Å². The Hall–Kier alpha value is -3.20. The van der Waals surface area contributed by atoms with E-state index in [1.165, 1.54) is 27.9 Å². The maximum absolute atomic E-state index is 15.6. The van der Waals surface area contributed by atoms with Crippen molar-refractivity contribution in [2.24, 2.45) is 0 Å².